The van der Waals surface area contributed by atoms with Crippen molar-refractivity contribution in [2.24, 2.45) is 0 Å². The van der Waals surface area contributed by atoms with Gasteiger partial charge in [-0.25, -0.2) is 0 Å². The molecule has 0 spiro atoms. The van der Waals surface area contributed by atoms with Gasteiger partial charge in [0.15, 0.2) is 0 Å². The number of ether oxygens (including phenoxy) is 1. The molecule has 5 heteroatoms. The molecule has 1 aliphatic rings. The molecule has 0 fully saturated rings. The highest BCUT2D eigenvalue weighted by molar-refractivity contribution is 9.10. The molecule has 0 aliphatic carbocycles. The van der Waals surface area contributed by atoms with E-state index in [4.69, 9.17) is 16.3 Å². The van der Waals surface area contributed by atoms with Gasteiger partial charge in [0.1, 0.15) is 5.75 Å². The number of anilines is 1. The van der Waals surface area contributed by atoms with Gasteiger partial charge in [0, 0.05) is 26.2 Å². The first-order valence-electron chi connectivity index (χ1n) is 6.69. The minimum Gasteiger partial charge on any atom is -0.497 e. The van der Waals surface area contributed by atoms with Crippen LogP contribution in [0.5, 0.6) is 5.75 Å². The van der Waals surface area contributed by atoms with Crippen molar-refractivity contribution in [1.82, 2.24) is 0 Å². The van der Waals surface area contributed by atoms with Gasteiger partial charge in [0.2, 0.25) is 0 Å². The number of hydrogen-bond acceptors (Lipinski definition) is 3. The van der Waals surface area contributed by atoms with E-state index in [-0.39, 0.29) is 6.04 Å². The maximum absolute atomic E-state index is 6.16. The van der Waals surface area contributed by atoms with E-state index in [1.54, 1.807) is 7.11 Å². The van der Waals surface area contributed by atoms with Gasteiger partial charge in [-0.2, -0.15) is 0 Å². The van der Waals surface area contributed by atoms with Gasteiger partial charge in [-0.3, -0.25) is 0 Å². The van der Waals surface area contributed by atoms with Gasteiger partial charge in [-0.05, 0) is 58.2 Å². The Morgan fingerprint density at radius 1 is 1.29 bits per heavy atom. The van der Waals surface area contributed by atoms with Crippen molar-refractivity contribution in [3.05, 3.63) is 51.5 Å². The Morgan fingerprint density at radius 2 is 2.14 bits per heavy atom. The highest BCUT2D eigenvalue weighted by Crippen LogP contribution is 2.40. The SMILES string of the molecule is COc1ccc(Br)c(NC2CCSc3ccc(Cl)cc32)c1. The Balaban J connectivity index is 1.91. The molecule has 2 aromatic carbocycles. The summed E-state index contributed by atoms with van der Waals surface area (Å²) in [6.07, 6.45) is 1.07. The molecule has 1 heterocycles. The average molecular weight is 385 g/mol. The minimum atomic E-state index is 0.267. The third kappa shape index (κ3) is 3.33. The zero-order valence-corrected chi connectivity index (χ0v) is 14.7. The van der Waals surface area contributed by atoms with Crippen LogP contribution in [0.25, 0.3) is 0 Å². The summed E-state index contributed by atoms with van der Waals surface area (Å²) in [6, 6.07) is 12.3. The molecule has 0 radical (unpaired) electrons. The number of rotatable bonds is 3. The summed E-state index contributed by atoms with van der Waals surface area (Å²) in [5, 5.41) is 4.39. The van der Waals surface area contributed by atoms with E-state index in [1.165, 1.54) is 10.5 Å². The van der Waals surface area contributed by atoms with E-state index < -0.39 is 0 Å². The standard InChI is InChI=1S/C16H15BrClNOS/c1-20-11-3-4-13(17)15(9-11)19-14-6-7-21-16-5-2-10(18)8-12(14)16/h2-5,8-9,14,19H,6-7H2,1H3. The molecule has 2 nitrogen and oxygen atoms in total. The lowest BCUT2D eigenvalue weighted by Gasteiger charge is -2.27. The van der Waals surface area contributed by atoms with Crippen molar-refractivity contribution in [1.29, 1.82) is 0 Å². The molecule has 1 unspecified atom stereocenters. The second kappa shape index (κ2) is 6.51. The monoisotopic (exact) mass is 383 g/mol. The van der Waals surface area contributed by atoms with E-state index in [0.29, 0.717) is 0 Å². The van der Waals surface area contributed by atoms with Gasteiger partial charge in [0.25, 0.3) is 0 Å². The Bertz CT molecular complexity index is 665. The number of methoxy groups -OCH3 is 1. The van der Waals surface area contributed by atoms with Crippen LogP contribution >= 0.6 is 39.3 Å². The highest BCUT2D eigenvalue weighted by atomic mass is 79.9. The lowest BCUT2D eigenvalue weighted by atomic mass is 10.0. The maximum atomic E-state index is 6.16. The number of halogens is 2. The summed E-state index contributed by atoms with van der Waals surface area (Å²) in [5.74, 6) is 1.95. The molecule has 1 N–H and O–H groups in total. The summed E-state index contributed by atoms with van der Waals surface area (Å²) in [7, 11) is 1.68. The Hall–Kier alpha value is -0.840. The lowest BCUT2D eigenvalue weighted by Crippen LogP contribution is -2.16. The molecular formula is C16H15BrClNOS. The molecule has 0 amide bonds. The van der Waals surface area contributed by atoms with E-state index in [2.05, 4.69) is 33.4 Å². The topological polar surface area (TPSA) is 21.3 Å². The summed E-state index contributed by atoms with van der Waals surface area (Å²) in [4.78, 5) is 1.31. The zero-order chi connectivity index (χ0) is 14.8. The molecule has 1 aliphatic heterocycles. The molecule has 3 rings (SSSR count). The maximum Gasteiger partial charge on any atom is 0.121 e. The molecule has 0 saturated carbocycles. The molecule has 0 bridgehead atoms. The van der Waals surface area contributed by atoms with Gasteiger partial charge in [-0.15, -0.1) is 11.8 Å². The second-order valence-corrected chi connectivity index (χ2v) is 7.29. The smallest absolute Gasteiger partial charge is 0.121 e. The first kappa shape index (κ1) is 15.1. The molecule has 0 aromatic heterocycles. The van der Waals surface area contributed by atoms with Crippen molar-refractivity contribution >= 4 is 45.0 Å². The number of nitrogens with one attached hydrogen (secondary N) is 1. The fraction of sp³-hybridized carbons (Fsp3) is 0.250. The van der Waals surface area contributed by atoms with Gasteiger partial charge < -0.3 is 10.1 Å². The highest BCUT2D eigenvalue weighted by Gasteiger charge is 2.21. The van der Waals surface area contributed by atoms with Crippen molar-refractivity contribution in [2.45, 2.75) is 17.4 Å². The lowest BCUT2D eigenvalue weighted by molar-refractivity contribution is 0.415. The van der Waals surface area contributed by atoms with Crippen molar-refractivity contribution in [3.8, 4) is 5.75 Å². The molecular weight excluding hydrogens is 370 g/mol. The van der Waals surface area contributed by atoms with Crippen molar-refractivity contribution in [3.63, 3.8) is 0 Å². The third-order valence-electron chi connectivity index (χ3n) is 3.51. The van der Waals surface area contributed by atoms with Gasteiger partial charge in [0.05, 0.1) is 18.8 Å². The number of thioether (sulfide) groups is 1. The Morgan fingerprint density at radius 3 is 2.95 bits per heavy atom. The van der Waals surface area contributed by atoms with Crippen LogP contribution in [-0.4, -0.2) is 12.9 Å². The van der Waals surface area contributed by atoms with Crippen LogP contribution in [0, 0.1) is 0 Å². The summed E-state index contributed by atoms with van der Waals surface area (Å²) in [5.41, 5.74) is 2.31. The summed E-state index contributed by atoms with van der Waals surface area (Å²) < 4.78 is 6.33. The number of benzene rings is 2. The Kier molecular flexibility index (Phi) is 4.67. The van der Waals surface area contributed by atoms with Crippen LogP contribution in [0.2, 0.25) is 5.02 Å². The zero-order valence-electron chi connectivity index (χ0n) is 11.5. The van der Waals surface area contributed by atoms with E-state index in [1.807, 2.05) is 36.0 Å². The predicted octanol–water partition coefficient (Wildman–Crippen LogP) is 5.76. The van der Waals surface area contributed by atoms with Crippen LogP contribution in [0.1, 0.15) is 18.0 Å². The molecule has 21 heavy (non-hydrogen) atoms. The van der Waals surface area contributed by atoms with E-state index in [9.17, 15) is 0 Å². The molecule has 0 saturated heterocycles. The number of fused-ring (bicyclic) bond motifs is 1. The first-order chi connectivity index (χ1) is 10.2. The fourth-order valence-corrected chi connectivity index (χ4v) is 4.09. The van der Waals surface area contributed by atoms with Gasteiger partial charge >= 0.3 is 0 Å². The van der Waals surface area contributed by atoms with Crippen LogP contribution in [0.3, 0.4) is 0 Å². The van der Waals surface area contributed by atoms with Crippen molar-refractivity contribution in [2.75, 3.05) is 18.2 Å². The first-order valence-corrected chi connectivity index (χ1v) is 8.85. The van der Waals surface area contributed by atoms with Gasteiger partial charge in [-0.1, -0.05) is 11.6 Å². The second-order valence-electron chi connectivity index (χ2n) is 4.86. The predicted molar refractivity (Wildman–Crippen MR) is 93.9 cm³/mol. The van der Waals surface area contributed by atoms with Crippen LogP contribution < -0.4 is 10.1 Å². The normalized spacial score (nSPS) is 17.2. The quantitative estimate of drug-likeness (QED) is 0.727. The third-order valence-corrected chi connectivity index (χ3v) is 5.56. The average Bonchev–Trinajstić information content (AvgIpc) is 2.50. The number of hydrogen-bond donors (Lipinski definition) is 1. The van der Waals surface area contributed by atoms with Crippen LogP contribution in [0.4, 0.5) is 5.69 Å². The summed E-state index contributed by atoms with van der Waals surface area (Å²) in [6.45, 7) is 0. The van der Waals surface area contributed by atoms with E-state index >= 15 is 0 Å². The Labute approximate surface area is 142 Å². The fourth-order valence-electron chi connectivity index (χ4n) is 2.44. The molecule has 1 atom stereocenters. The largest absolute Gasteiger partial charge is 0.497 e. The molecule has 110 valence electrons. The molecule has 2 aromatic rings. The van der Waals surface area contributed by atoms with E-state index in [0.717, 1.165) is 33.1 Å². The minimum absolute atomic E-state index is 0.267. The van der Waals surface area contributed by atoms with Crippen LogP contribution in [0.15, 0.2) is 45.8 Å². The van der Waals surface area contributed by atoms with Crippen molar-refractivity contribution < 1.29 is 4.74 Å². The summed E-state index contributed by atoms with van der Waals surface area (Å²) >= 11 is 11.6. The van der Waals surface area contributed by atoms with Crippen LogP contribution in [-0.2, 0) is 0 Å².